The summed E-state index contributed by atoms with van der Waals surface area (Å²) in [5.41, 5.74) is 2.45. The van der Waals surface area contributed by atoms with Crippen molar-refractivity contribution in [2.24, 2.45) is 0 Å². The van der Waals surface area contributed by atoms with E-state index in [9.17, 15) is 9.59 Å². The Hall–Kier alpha value is -2.34. The molecule has 0 bridgehead atoms. The first-order valence-corrected chi connectivity index (χ1v) is 9.63. The normalized spacial score (nSPS) is 19.8. The van der Waals surface area contributed by atoms with Crippen LogP contribution < -0.4 is 5.43 Å². The Kier molecular flexibility index (Phi) is 6.16. The number of para-hydroxylation sites is 1. The smallest absolute Gasteiger partial charge is 0.409 e. The third kappa shape index (κ3) is 4.33. The molecule has 0 unspecified atom stereocenters. The van der Waals surface area contributed by atoms with E-state index in [4.69, 9.17) is 9.47 Å². The molecule has 0 radical (unpaired) electrons. The van der Waals surface area contributed by atoms with Gasteiger partial charge in [-0.25, -0.2) is 4.79 Å². The van der Waals surface area contributed by atoms with Gasteiger partial charge in [-0.05, 0) is 51.7 Å². The topological polar surface area (TPSA) is 71.6 Å². The summed E-state index contributed by atoms with van der Waals surface area (Å²) in [5.74, 6) is 0. The van der Waals surface area contributed by atoms with Gasteiger partial charge in [-0.2, -0.15) is 0 Å². The zero-order chi connectivity index (χ0) is 19.4. The molecule has 1 saturated carbocycles. The number of nitrogens with one attached hydrogen (secondary N) is 1. The summed E-state index contributed by atoms with van der Waals surface area (Å²) in [6.07, 6.45) is 3.47. The van der Waals surface area contributed by atoms with E-state index in [1.807, 2.05) is 38.1 Å². The number of benzene rings is 1. The molecule has 0 aliphatic heterocycles. The number of fused-ring (bicyclic) bond motifs is 1. The second kappa shape index (κ2) is 8.57. The Labute approximate surface area is 159 Å². The van der Waals surface area contributed by atoms with E-state index >= 15 is 0 Å². The first kappa shape index (κ1) is 19.4. The third-order valence-corrected chi connectivity index (χ3v) is 5.46. The second-order valence-electron chi connectivity index (χ2n) is 7.15. The SMILES string of the molecule is CCOC(=O)N(C)[C@H]1CC[C@H](OCc2[nH]c3ccccc3c(=O)c2C)CC1. The fourth-order valence-corrected chi connectivity index (χ4v) is 3.70. The fraction of sp³-hybridized carbons (Fsp3) is 0.524. The van der Waals surface area contributed by atoms with E-state index in [0.29, 0.717) is 24.2 Å². The largest absolute Gasteiger partial charge is 0.450 e. The zero-order valence-electron chi connectivity index (χ0n) is 16.3. The third-order valence-electron chi connectivity index (χ3n) is 5.46. The Morgan fingerprint density at radius 2 is 1.93 bits per heavy atom. The Bertz CT molecular complexity index is 853. The van der Waals surface area contributed by atoms with Crippen LogP contribution in [0.2, 0.25) is 0 Å². The molecule has 6 nitrogen and oxygen atoms in total. The van der Waals surface area contributed by atoms with Gasteiger partial charge in [-0.15, -0.1) is 0 Å². The number of ether oxygens (including phenoxy) is 2. The zero-order valence-corrected chi connectivity index (χ0v) is 16.3. The van der Waals surface area contributed by atoms with E-state index < -0.39 is 0 Å². The molecule has 1 aromatic carbocycles. The van der Waals surface area contributed by atoms with Gasteiger partial charge >= 0.3 is 6.09 Å². The van der Waals surface area contributed by atoms with Gasteiger partial charge in [0.15, 0.2) is 5.43 Å². The number of H-pyrrole nitrogens is 1. The molecular formula is C21H28N2O4. The highest BCUT2D eigenvalue weighted by molar-refractivity contribution is 5.79. The van der Waals surface area contributed by atoms with Crippen molar-refractivity contribution in [3.63, 3.8) is 0 Å². The van der Waals surface area contributed by atoms with Crippen LogP contribution >= 0.6 is 0 Å². The van der Waals surface area contributed by atoms with Crippen molar-refractivity contribution < 1.29 is 14.3 Å². The Balaban J connectivity index is 1.58. The first-order valence-electron chi connectivity index (χ1n) is 9.63. The monoisotopic (exact) mass is 372 g/mol. The maximum atomic E-state index is 12.5. The van der Waals surface area contributed by atoms with E-state index in [0.717, 1.165) is 36.9 Å². The molecule has 1 aromatic heterocycles. The molecule has 1 amide bonds. The highest BCUT2D eigenvalue weighted by Gasteiger charge is 2.27. The van der Waals surface area contributed by atoms with Crippen molar-refractivity contribution in [2.45, 2.75) is 58.3 Å². The molecule has 6 heteroatoms. The molecular weight excluding hydrogens is 344 g/mol. The Morgan fingerprint density at radius 3 is 2.63 bits per heavy atom. The fourth-order valence-electron chi connectivity index (χ4n) is 3.70. The maximum absolute atomic E-state index is 12.5. The van der Waals surface area contributed by atoms with Crippen molar-refractivity contribution in [1.29, 1.82) is 0 Å². The number of hydrogen-bond donors (Lipinski definition) is 1. The number of carbonyl (C=O) groups is 1. The lowest BCUT2D eigenvalue weighted by Gasteiger charge is -2.34. The number of carbonyl (C=O) groups excluding carboxylic acids is 1. The predicted molar refractivity (Wildman–Crippen MR) is 105 cm³/mol. The van der Waals surface area contributed by atoms with Gasteiger partial charge in [0.1, 0.15) is 0 Å². The van der Waals surface area contributed by atoms with Crippen LogP contribution in [0.25, 0.3) is 10.9 Å². The summed E-state index contributed by atoms with van der Waals surface area (Å²) in [7, 11) is 1.80. The number of aromatic nitrogens is 1. The molecule has 1 N–H and O–H groups in total. The summed E-state index contributed by atoms with van der Waals surface area (Å²) in [4.78, 5) is 29.4. The van der Waals surface area contributed by atoms with Gasteiger partial charge in [0.05, 0.1) is 19.3 Å². The van der Waals surface area contributed by atoms with Gasteiger partial charge < -0.3 is 19.4 Å². The predicted octanol–water partition coefficient (Wildman–Crippen LogP) is 3.75. The summed E-state index contributed by atoms with van der Waals surface area (Å²) in [6.45, 7) is 4.45. The number of nitrogens with zero attached hydrogens (tertiary/aromatic N) is 1. The van der Waals surface area contributed by atoms with Crippen molar-refractivity contribution in [3.8, 4) is 0 Å². The standard InChI is InChI=1S/C21H28N2O4/c1-4-26-21(25)23(3)15-9-11-16(12-10-15)27-13-19-14(2)20(24)17-7-5-6-8-18(17)22-19/h5-8,15-16H,4,9-13H2,1-3H3,(H,22,24)/t15-,16-. The molecule has 0 spiro atoms. The number of rotatable bonds is 5. The Morgan fingerprint density at radius 1 is 1.22 bits per heavy atom. The molecule has 1 fully saturated rings. The highest BCUT2D eigenvalue weighted by atomic mass is 16.6. The van der Waals surface area contributed by atoms with Crippen LogP contribution in [0.3, 0.4) is 0 Å². The van der Waals surface area contributed by atoms with Crippen molar-refractivity contribution in [1.82, 2.24) is 9.88 Å². The highest BCUT2D eigenvalue weighted by Crippen LogP contribution is 2.26. The van der Waals surface area contributed by atoms with Crippen molar-refractivity contribution in [2.75, 3.05) is 13.7 Å². The van der Waals surface area contributed by atoms with E-state index in [1.54, 1.807) is 11.9 Å². The van der Waals surface area contributed by atoms with Crippen molar-refractivity contribution in [3.05, 3.63) is 45.7 Å². The molecule has 0 saturated heterocycles. The lowest BCUT2D eigenvalue weighted by Crippen LogP contribution is -2.41. The van der Waals surface area contributed by atoms with Crippen LogP contribution in [-0.2, 0) is 16.1 Å². The molecule has 146 valence electrons. The average molecular weight is 372 g/mol. The molecule has 1 aliphatic carbocycles. The number of hydrogen-bond acceptors (Lipinski definition) is 4. The second-order valence-corrected chi connectivity index (χ2v) is 7.15. The minimum absolute atomic E-state index is 0.0581. The molecule has 3 rings (SSSR count). The van der Waals surface area contributed by atoms with Gasteiger partial charge in [0, 0.05) is 35.2 Å². The lowest BCUT2D eigenvalue weighted by atomic mass is 9.92. The van der Waals surface area contributed by atoms with E-state index in [-0.39, 0.29) is 23.7 Å². The minimum Gasteiger partial charge on any atom is -0.450 e. The quantitative estimate of drug-likeness (QED) is 0.868. The van der Waals surface area contributed by atoms with Crippen LogP contribution in [0.1, 0.15) is 43.9 Å². The van der Waals surface area contributed by atoms with Gasteiger partial charge in [-0.3, -0.25) is 4.79 Å². The van der Waals surface area contributed by atoms with Gasteiger partial charge in [0.25, 0.3) is 0 Å². The maximum Gasteiger partial charge on any atom is 0.409 e. The van der Waals surface area contributed by atoms with Crippen LogP contribution in [-0.4, -0.2) is 41.8 Å². The summed E-state index contributed by atoms with van der Waals surface area (Å²) < 4.78 is 11.2. The van der Waals surface area contributed by atoms with E-state index in [2.05, 4.69) is 4.98 Å². The van der Waals surface area contributed by atoms with Crippen LogP contribution in [0.15, 0.2) is 29.1 Å². The minimum atomic E-state index is -0.258. The molecule has 27 heavy (non-hydrogen) atoms. The average Bonchev–Trinajstić information content (AvgIpc) is 2.69. The lowest BCUT2D eigenvalue weighted by molar-refractivity contribution is -0.00140. The van der Waals surface area contributed by atoms with Gasteiger partial charge in [0.2, 0.25) is 0 Å². The number of amides is 1. The molecule has 1 heterocycles. The van der Waals surface area contributed by atoms with Gasteiger partial charge in [-0.1, -0.05) is 12.1 Å². The molecule has 1 aliphatic rings. The van der Waals surface area contributed by atoms with Crippen molar-refractivity contribution >= 4 is 17.0 Å². The molecule has 0 atom stereocenters. The number of pyridine rings is 1. The molecule has 2 aromatic rings. The summed E-state index contributed by atoms with van der Waals surface area (Å²) >= 11 is 0. The number of aromatic amines is 1. The van der Waals surface area contributed by atoms with Crippen LogP contribution in [0.5, 0.6) is 0 Å². The summed E-state index contributed by atoms with van der Waals surface area (Å²) in [6, 6.07) is 7.74. The van der Waals surface area contributed by atoms with Crippen LogP contribution in [0.4, 0.5) is 4.79 Å². The first-order chi connectivity index (χ1) is 13.0. The van der Waals surface area contributed by atoms with E-state index in [1.165, 1.54) is 0 Å². The summed E-state index contributed by atoms with van der Waals surface area (Å²) in [5, 5.41) is 0.710. The van der Waals surface area contributed by atoms with Crippen LogP contribution in [0, 0.1) is 6.92 Å².